The van der Waals surface area contributed by atoms with Crippen molar-refractivity contribution in [2.24, 2.45) is 0 Å². The summed E-state index contributed by atoms with van der Waals surface area (Å²) >= 11 is 0. The second-order valence-electron chi connectivity index (χ2n) is 18.2. The van der Waals surface area contributed by atoms with E-state index in [0.29, 0.717) is 11.4 Å². The molecule has 10 aromatic carbocycles. The number of furan rings is 1. The van der Waals surface area contributed by atoms with E-state index in [-0.39, 0.29) is 11.3 Å². The summed E-state index contributed by atoms with van der Waals surface area (Å²) in [7, 11) is 0. The highest BCUT2D eigenvalue weighted by Crippen LogP contribution is 2.52. The normalized spacial score (nSPS) is 12.0. The first kappa shape index (κ1) is 38.3. The van der Waals surface area contributed by atoms with Crippen LogP contribution in [0.4, 0.5) is 5.69 Å². The number of fused-ring (bicyclic) bond motifs is 16. The van der Waals surface area contributed by atoms with Crippen molar-refractivity contribution in [3.05, 3.63) is 223 Å². The molecule has 0 saturated carbocycles. The molecule has 0 amide bonds. The third-order valence-corrected chi connectivity index (χ3v) is 14.7. The zero-order valence-electron chi connectivity index (χ0n) is 37.6. The van der Waals surface area contributed by atoms with E-state index in [0.717, 1.165) is 126 Å². The molecule has 70 heavy (non-hydrogen) atoms. The van der Waals surface area contributed by atoms with Crippen molar-refractivity contribution < 1.29 is 4.42 Å². The quantitative estimate of drug-likeness (QED) is 0.165. The fourth-order valence-corrected chi connectivity index (χ4v) is 11.9. The van der Waals surface area contributed by atoms with Gasteiger partial charge in [-0.25, -0.2) is 4.85 Å². The van der Waals surface area contributed by atoms with Crippen LogP contribution in [-0.4, -0.2) is 18.3 Å². The Bertz CT molecular complexity index is 4720. The van der Waals surface area contributed by atoms with Gasteiger partial charge < -0.3 is 22.7 Å². The van der Waals surface area contributed by atoms with E-state index in [9.17, 15) is 11.8 Å². The summed E-state index contributed by atoms with van der Waals surface area (Å²) in [5.74, 6) is 0. The van der Waals surface area contributed by atoms with Crippen molar-refractivity contribution in [3.63, 3.8) is 0 Å². The Kier molecular flexibility index (Phi) is 7.72. The van der Waals surface area contributed by atoms with Gasteiger partial charge in [-0.3, -0.25) is 0 Å². The lowest BCUT2D eigenvalue weighted by Gasteiger charge is -2.28. The Labute approximate surface area is 399 Å². The molecule has 0 aliphatic heterocycles. The van der Waals surface area contributed by atoms with Crippen LogP contribution < -0.4 is 0 Å². The highest BCUT2D eigenvalue weighted by Gasteiger charge is 2.35. The van der Waals surface area contributed by atoms with Gasteiger partial charge in [0.15, 0.2) is 0 Å². The second kappa shape index (κ2) is 14.1. The van der Waals surface area contributed by atoms with Crippen LogP contribution in [-0.2, 0) is 0 Å². The first-order valence-corrected chi connectivity index (χ1v) is 23.5. The summed E-state index contributed by atoms with van der Waals surface area (Å²) in [5.41, 5.74) is 13.5. The van der Waals surface area contributed by atoms with Gasteiger partial charge in [-0.1, -0.05) is 139 Å². The Morgan fingerprint density at radius 3 is 1.24 bits per heavy atom. The van der Waals surface area contributed by atoms with Gasteiger partial charge in [-0.15, -0.1) is 0 Å². The molecule has 5 heterocycles. The summed E-state index contributed by atoms with van der Waals surface area (Å²) < 4.78 is 15.8. The number of aryl methyl sites for hydroxylation is 1. The SMILES string of the molecule is [C-]#[N+]c1c(C#N)c(-n2c3ccc(C)cc3c3c4c(ccc32)oc2ccccc24)c(-n2c3ccccc3c3ccccc32)c(-n2c3ccccc3c3ccccc32)c1-n1c2ccccc2c2ccccc21. The molecule has 15 aromatic rings. The van der Waals surface area contributed by atoms with Crippen LogP contribution in [0.2, 0.25) is 0 Å². The molecule has 0 spiro atoms. The zero-order valence-corrected chi connectivity index (χ0v) is 37.6. The minimum atomic E-state index is 0.252. The van der Waals surface area contributed by atoms with Gasteiger partial charge in [0.1, 0.15) is 11.2 Å². The smallest absolute Gasteiger partial charge is 0.232 e. The van der Waals surface area contributed by atoms with Crippen molar-refractivity contribution in [2.75, 3.05) is 0 Å². The van der Waals surface area contributed by atoms with Gasteiger partial charge in [-0.2, -0.15) is 5.26 Å². The van der Waals surface area contributed by atoms with Crippen LogP contribution in [0, 0.1) is 24.8 Å². The third kappa shape index (κ3) is 4.89. The average molecular weight is 893 g/mol. The summed E-state index contributed by atoms with van der Waals surface area (Å²) in [6.45, 7) is 11.6. The molecule has 0 bridgehead atoms. The summed E-state index contributed by atoms with van der Waals surface area (Å²) in [6, 6.07) is 72.8. The predicted molar refractivity (Wildman–Crippen MR) is 287 cm³/mol. The molecule has 15 rings (SSSR count). The largest absolute Gasteiger partial charge is 0.456 e. The fraction of sp³-hybridized carbons (Fsp3) is 0.0159. The highest BCUT2D eigenvalue weighted by atomic mass is 16.3. The lowest BCUT2D eigenvalue weighted by atomic mass is 10.0. The molecule has 0 unspecified atom stereocenters. The molecule has 324 valence electrons. The fourth-order valence-electron chi connectivity index (χ4n) is 11.9. The first-order chi connectivity index (χ1) is 34.6. The lowest BCUT2D eigenvalue weighted by Crippen LogP contribution is -2.15. The van der Waals surface area contributed by atoms with E-state index in [4.69, 9.17) is 4.42 Å². The van der Waals surface area contributed by atoms with Crippen LogP contribution in [0.15, 0.2) is 205 Å². The van der Waals surface area contributed by atoms with Crippen LogP contribution in [0.25, 0.3) is 137 Å². The topological polar surface area (TPSA) is 61.0 Å². The van der Waals surface area contributed by atoms with E-state index in [1.165, 1.54) is 0 Å². The Balaban J connectivity index is 1.30. The maximum Gasteiger partial charge on any atom is 0.232 e. The molecule has 7 heteroatoms. The first-order valence-electron chi connectivity index (χ1n) is 23.5. The van der Waals surface area contributed by atoms with Gasteiger partial charge in [0.05, 0.1) is 85.1 Å². The summed E-state index contributed by atoms with van der Waals surface area (Å²) in [5, 5.41) is 22.7. The Morgan fingerprint density at radius 2 is 0.771 bits per heavy atom. The van der Waals surface area contributed by atoms with Crippen LogP contribution in [0.3, 0.4) is 0 Å². The number of aromatic nitrogens is 4. The molecule has 0 radical (unpaired) electrons. The van der Waals surface area contributed by atoms with Crippen molar-refractivity contribution in [1.29, 1.82) is 5.26 Å². The van der Waals surface area contributed by atoms with E-state index < -0.39 is 0 Å². The Hall–Kier alpha value is -9.82. The molecule has 0 fully saturated rings. The maximum absolute atomic E-state index is 12.2. The zero-order chi connectivity index (χ0) is 46.4. The van der Waals surface area contributed by atoms with Crippen LogP contribution in [0.5, 0.6) is 0 Å². The van der Waals surface area contributed by atoms with E-state index >= 15 is 0 Å². The summed E-state index contributed by atoms with van der Waals surface area (Å²) in [4.78, 5) is 4.57. The molecule has 0 aliphatic carbocycles. The molecule has 7 nitrogen and oxygen atoms in total. The van der Waals surface area contributed by atoms with Crippen molar-refractivity contribution in [2.45, 2.75) is 6.92 Å². The summed E-state index contributed by atoms with van der Waals surface area (Å²) in [6.07, 6.45) is 0. The highest BCUT2D eigenvalue weighted by molar-refractivity contribution is 6.28. The number of nitrogens with zero attached hydrogens (tertiary/aromatic N) is 6. The monoisotopic (exact) mass is 892 g/mol. The maximum atomic E-state index is 12.2. The number of hydrogen-bond acceptors (Lipinski definition) is 2. The second-order valence-corrected chi connectivity index (χ2v) is 18.2. The number of nitriles is 1. The van der Waals surface area contributed by atoms with Gasteiger partial charge in [0.2, 0.25) is 5.69 Å². The van der Waals surface area contributed by atoms with Crippen molar-refractivity contribution in [1.82, 2.24) is 18.3 Å². The van der Waals surface area contributed by atoms with Gasteiger partial charge in [-0.05, 0) is 73.7 Å². The van der Waals surface area contributed by atoms with E-state index in [1.807, 2.05) is 12.1 Å². The van der Waals surface area contributed by atoms with Crippen molar-refractivity contribution >= 4 is 115 Å². The molecular weight excluding hydrogens is 857 g/mol. The van der Waals surface area contributed by atoms with Gasteiger partial charge in [0, 0.05) is 53.9 Å². The van der Waals surface area contributed by atoms with Crippen LogP contribution >= 0.6 is 0 Å². The van der Waals surface area contributed by atoms with Gasteiger partial charge >= 0.3 is 0 Å². The number of hydrogen-bond donors (Lipinski definition) is 0. The predicted octanol–water partition coefficient (Wildman–Crippen LogP) is 16.7. The van der Waals surface area contributed by atoms with Crippen molar-refractivity contribution in [3.8, 4) is 28.8 Å². The average Bonchev–Trinajstić information content (AvgIpc) is 4.21. The van der Waals surface area contributed by atoms with E-state index in [1.54, 1.807) is 0 Å². The molecular formula is C63H36N6O. The van der Waals surface area contributed by atoms with E-state index in [2.05, 4.69) is 224 Å². The minimum Gasteiger partial charge on any atom is -0.456 e. The number of rotatable bonds is 4. The molecule has 0 atom stereocenters. The Morgan fingerprint density at radius 1 is 0.386 bits per heavy atom. The molecule has 0 aliphatic rings. The molecule has 0 N–H and O–H groups in total. The molecule has 5 aromatic heterocycles. The third-order valence-electron chi connectivity index (χ3n) is 14.7. The number of benzene rings is 10. The standard InChI is InChI=1S/C63H36N6O/c1-37-31-32-53-45(35-37)57-54(33-34-56-58(57)44-23-9-16-30-55(44)70-56)69(53)60-46(36-64)59(65-2)61(66-47-24-10-3-17-38(47)39-18-4-11-25-48(39)66)63(68-51-28-14-7-21-42(51)43-22-8-15-29-52(43)68)62(60)67-49-26-12-5-19-40(49)41-20-6-13-27-50(41)67/h3-35H,1H3. The lowest BCUT2D eigenvalue weighted by molar-refractivity contribution is 0.669. The van der Waals surface area contributed by atoms with Gasteiger partial charge in [0.25, 0.3) is 0 Å². The van der Waals surface area contributed by atoms with Crippen LogP contribution in [0.1, 0.15) is 11.1 Å². The molecule has 0 saturated heterocycles. The number of para-hydroxylation sites is 7. The minimum absolute atomic E-state index is 0.252.